The van der Waals surface area contributed by atoms with E-state index in [2.05, 4.69) is 4.98 Å². The number of nitrogens with two attached hydrogens (primary N) is 1. The van der Waals surface area contributed by atoms with Gasteiger partial charge in [0.15, 0.2) is 0 Å². The number of hydrogen-bond acceptors (Lipinski definition) is 4. The average Bonchev–Trinajstić information content (AvgIpc) is 2.73. The maximum atomic E-state index is 12.9. The van der Waals surface area contributed by atoms with Crippen LogP contribution in [0.1, 0.15) is 24.1 Å². The van der Waals surface area contributed by atoms with E-state index in [9.17, 15) is 4.79 Å². The summed E-state index contributed by atoms with van der Waals surface area (Å²) in [6, 6.07) is 15.7. The minimum Gasteiger partial charge on any atom is -0.496 e. The van der Waals surface area contributed by atoms with Crippen molar-refractivity contribution < 1.29 is 9.47 Å². The Bertz CT molecular complexity index is 1270. The summed E-state index contributed by atoms with van der Waals surface area (Å²) in [4.78, 5) is 15.9. The van der Waals surface area contributed by atoms with E-state index in [4.69, 9.17) is 15.2 Å². The van der Waals surface area contributed by atoms with Gasteiger partial charge in [-0.25, -0.2) is 0 Å². The van der Waals surface area contributed by atoms with Gasteiger partial charge in [0.25, 0.3) is 5.56 Å². The number of H-pyrrole nitrogens is 1. The minimum atomic E-state index is -0.170. The third-order valence-electron chi connectivity index (χ3n) is 5.41. The molecule has 0 unspecified atom stereocenters. The van der Waals surface area contributed by atoms with Gasteiger partial charge in [0, 0.05) is 22.4 Å². The molecule has 148 valence electrons. The molecule has 0 radical (unpaired) electrons. The molecule has 0 aliphatic rings. The van der Waals surface area contributed by atoms with Gasteiger partial charge in [0.2, 0.25) is 0 Å². The predicted molar refractivity (Wildman–Crippen MR) is 118 cm³/mol. The molecule has 0 aliphatic heterocycles. The number of pyridine rings is 1. The molecule has 0 aliphatic carbocycles. The number of aromatic nitrogens is 1. The number of fused-ring (bicyclic) bond motifs is 3. The standard InChI is InChI=1S/C24H24N2O3/c1-13-12-19(29-4)20(16-10-8-15(9-11-16)14(2)25)22-17-6-5-7-18(28-3)21(17)24(27)26-23(13)22/h5-12,14H,25H2,1-4H3,(H,26,27)/t14-/m1/s1. The van der Waals surface area contributed by atoms with Crippen molar-refractivity contribution in [2.45, 2.75) is 19.9 Å². The maximum Gasteiger partial charge on any atom is 0.260 e. The van der Waals surface area contributed by atoms with E-state index in [1.807, 2.05) is 56.3 Å². The van der Waals surface area contributed by atoms with Crippen LogP contribution in [-0.2, 0) is 0 Å². The lowest BCUT2D eigenvalue weighted by atomic mass is 9.92. The van der Waals surface area contributed by atoms with Crippen molar-refractivity contribution in [3.05, 3.63) is 70.0 Å². The Hall–Kier alpha value is -3.31. The van der Waals surface area contributed by atoms with Gasteiger partial charge in [-0.05, 0) is 42.7 Å². The summed E-state index contributed by atoms with van der Waals surface area (Å²) in [6.07, 6.45) is 0. The lowest BCUT2D eigenvalue weighted by Gasteiger charge is -2.17. The lowest BCUT2D eigenvalue weighted by Crippen LogP contribution is -2.09. The zero-order chi connectivity index (χ0) is 20.7. The Morgan fingerprint density at radius 2 is 1.66 bits per heavy atom. The highest BCUT2D eigenvalue weighted by atomic mass is 16.5. The van der Waals surface area contributed by atoms with Crippen molar-refractivity contribution in [1.82, 2.24) is 4.98 Å². The monoisotopic (exact) mass is 388 g/mol. The van der Waals surface area contributed by atoms with E-state index in [0.717, 1.165) is 44.3 Å². The molecule has 0 amide bonds. The first-order valence-electron chi connectivity index (χ1n) is 9.52. The summed E-state index contributed by atoms with van der Waals surface area (Å²) in [5.41, 5.74) is 10.6. The summed E-state index contributed by atoms with van der Waals surface area (Å²) in [5, 5.41) is 2.30. The second kappa shape index (κ2) is 7.26. The Morgan fingerprint density at radius 1 is 0.966 bits per heavy atom. The van der Waals surface area contributed by atoms with Crippen LogP contribution in [0.4, 0.5) is 0 Å². The first kappa shape index (κ1) is 19.0. The number of ether oxygens (including phenoxy) is 2. The third-order valence-corrected chi connectivity index (χ3v) is 5.41. The van der Waals surface area contributed by atoms with Crippen LogP contribution in [0.25, 0.3) is 32.8 Å². The van der Waals surface area contributed by atoms with Gasteiger partial charge in [0.05, 0.1) is 25.1 Å². The molecular formula is C24H24N2O3. The predicted octanol–water partition coefficient (Wildman–Crippen LogP) is 4.69. The zero-order valence-corrected chi connectivity index (χ0v) is 17.0. The van der Waals surface area contributed by atoms with Crippen LogP contribution in [0.3, 0.4) is 0 Å². The molecular weight excluding hydrogens is 364 g/mol. The Labute approximate surface area is 169 Å². The third kappa shape index (κ3) is 3.04. The molecule has 3 N–H and O–H groups in total. The highest BCUT2D eigenvalue weighted by molar-refractivity contribution is 6.16. The van der Waals surface area contributed by atoms with Crippen molar-refractivity contribution in [3.8, 4) is 22.6 Å². The molecule has 0 saturated heterocycles. The molecule has 4 rings (SSSR count). The molecule has 5 heteroatoms. The van der Waals surface area contributed by atoms with E-state index < -0.39 is 0 Å². The molecule has 0 fully saturated rings. The SMILES string of the molecule is COc1cc(C)c2[nH]c(=O)c3c(OC)cccc3c2c1-c1ccc([C@@H](C)N)cc1. The fraction of sp³-hybridized carbons (Fsp3) is 0.208. The van der Waals surface area contributed by atoms with Gasteiger partial charge in [-0.15, -0.1) is 0 Å². The van der Waals surface area contributed by atoms with Gasteiger partial charge in [0.1, 0.15) is 11.5 Å². The Morgan fingerprint density at radius 3 is 2.28 bits per heavy atom. The van der Waals surface area contributed by atoms with Gasteiger partial charge < -0.3 is 20.2 Å². The number of methoxy groups -OCH3 is 2. The first-order chi connectivity index (χ1) is 14.0. The molecule has 1 heterocycles. The van der Waals surface area contributed by atoms with Crippen LogP contribution in [0, 0.1) is 6.92 Å². The number of benzene rings is 3. The van der Waals surface area contributed by atoms with Crippen LogP contribution in [0.2, 0.25) is 0 Å². The van der Waals surface area contributed by atoms with E-state index in [0.29, 0.717) is 11.1 Å². The highest BCUT2D eigenvalue weighted by Crippen LogP contribution is 2.42. The fourth-order valence-corrected chi connectivity index (χ4v) is 3.94. The van der Waals surface area contributed by atoms with E-state index in [1.165, 1.54) is 0 Å². The largest absolute Gasteiger partial charge is 0.496 e. The fourth-order valence-electron chi connectivity index (χ4n) is 3.94. The van der Waals surface area contributed by atoms with E-state index in [1.54, 1.807) is 20.3 Å². The van der Waals surface area contributed by atoms with Crippen molar-refractivity contribution in [1.29, 1.82) is 0 Å². The molecule has 4 aromatic rings. The van der Waals surface area contributed by atoms with Crippen molar-refractivity contribution >= 4 is 21.7 Å². The molecule has 1 aromatic heterocycles. The second-order valence-corrected chi connectivity index (χ2v) is 7.27. The quantitative estimate of drug-likeness (QED) is 0.497. The molecule has 0 bridgehead atoms. The molecule has 5 nitrogen and oxygen atoms in total. The summed E-state index contributed by atoms with van der Waals surface area (Å²) in [5.74, 6) is 1.30. The lowest BCUT2D eigenvalue weighted by molar-refractivity contribution is 0.416. The number of aromatic amines is 1. The Balaban J connectivity index is 2.19. The van der Waals surface area contributed by atoms with E-state index >= 15 is 0 Å². The van der Waals surface area contributed by atoms with Crippen LogP contribution in [0.15, 0.2) is 53.3 Å². The Kier molecular flexibility index (Phi) is 4.76. The number of aryl methyl sites for hydroxylation is 1. The minimum absolute atomic E-state index is 0.0397. The topological polar surface area (TPSA) is 77.3 Å². The average molecular weight is 388 g/mol. The molecule has 3 aromatic carbocycles. The van der Waals surface area contributed by atoms with Gasteiger partial charge in [-0.2, -0.15) is 0 Å². The van der Waals surface area contributed by atoms with Gasteiger partial charge >= 0.3 is 0 Å². The molecule has 1 atom stereocenters. The summed E-state index contributed by atoms with van der Waals surface area (Å²) >= 11 is 0. The van der Waals surface area contributed by atoms with E-state index in [-0.39, 0.29) is 11.6 Å². The zero-order valence-electron chi connectivity index (χ0n) is 17.0. The van der Waals surface area contributed by atoms with Crippen LogP contribution in [-0.4, -0.2) is 19.2 Å². The normalized spacial score (nSPS) is 12.3. The maximum absolute atomic E-state index is 12.9. The number of hydrogen-bond donors (Lipinski definition) is 2. The molecule has 0 spiro atoms. The summed E-state index contributed by atoms with van der Waals surface area (Å²) in [6.45, 7) is 3.93. The molecule has 0 saturated carbocycles. The van der Waals surface area contributed by atoms with Crippen LogP contribution < -0.4 is 20.8 Å². The summed E-state index contributed by atoms with van der Waals surface area (Å²) < 4.78 is 11.2. The second-order valence-electron chi connectivity index (χ2n) is 7.27. The van der Waals surface area contributed by atoms with Gasteiger partial charge in [-0.3, -0.25) is 4.79 Å². The number of nitrogens with one attached hydrogen (secondary N) is 1. The molecule has 29 heavy (non-hydrogen) atoms. The summed E-state index contributed by atoms with van der Waals surface area (Å²) in [7, 11) is 3.23. The number of rotatable bonds is 4. The van der Waals surface area contributed by atoms with Crippen LogP contribution in [0.5, 0.6) is 11.5 Å². The highest BCUT2D eigenvalue weighted by Gasteiger charge is 2.19. The van der Waals surface area contributed by atoms with Crippen molar-refractivity contribution in [2.24, 2.45) is 5.73 Å². The van der Waals surface area contributed by atoms with Crippen LogP contribution >= 0.6 is 0 Å². The van der Waals surface area contributed by atoms with Crippen molar-refractivity contribution in [2.75, 3.05) is 14.2 Å². The smallest absolute Gasteiger partial charge is 0.260 e. The first-order valence-corrected chi connectivity index (χ1v) is 9.52. The van der Waals surface area contributed by atoms with Crippen molar-refractivity contribution in [3.63, 3.8) is 0 Å². The van der Waals surface area contributed by atoms with Gasteiger partial charge in [-0.1, -0.05) is 36.4 Å².